The number of carboxylic acid groups (broad SMARTS) is 1. The Morgan fingerprint density at radius 3 is 2.36 bits per heavy atom. The summed E-state index contributed by atoms with van der Waals surface area (Å²) in [5.74, 6) is -2.06. The Bertz CT molecular complexity index is 799. The number of aliphatic carboxylic acids is 1. The van der Waals surface area contributed by atoms with Crippen molar-refractivity contribution in [2.75, 3.05) is 6.54 Å². The molecular weight excluding hydrogens is 362 g/mol. The predicted molar refractivity (Wildman–Crippen MR) is 100 cm³/mol. The van der Waals surface area contributed by atoms with Crippen LogP contribution < -0.4 is 10.6 Å². The molecule has 1 unspecified atom stereocenters. The SMILES string of the molecule is Cc1ccc(C2(C)NC(=O)N(CC(=O)NC3CCC(C(=O)O)CC3)C2=O)cc1. The van der Waals surface area contributed by atoms with Gasteiger partial charge in [0.05, 0.1) is 5.92 Å². The van der Waals surface area contributed by atoms with Crippen LogP contribution in [-0.2, 0) is 19.9 Å². The molecule has 1 aliphatic carbocycles. The molecule has 4 amide bonds. The second-order valence-corrected chi connectivity index (χ2v) is 7.77. The summed E-state index contributed by atoms with van der Waals surface area (Å²) in [5, 5.41) is 14.5. The Labute approximate surface area is 163 Å². The lowest BCUT2D eigenvalue weighted by atomic mass is 9.86. The third-order valence-electron chi connectivity index (χ3n) is 5.65. The number of benzene rings is 1. The molecule has 1 heterocycles. The molecule has 8 heteroatoms. The number of nitrogens with zero attached hydrogens (tertiary/aromatic N) is 1. The number of hydrogen-bond acceptors (Lipinski definition) is 4. The Kier molecular flexibility index (Phi) is 5.40. The minimum Gasteiger partial charge on any atom is -0.481 e. The molecule has 3 rings (SSSR count). The first kappa shape index (κ1) is 19.9. The molecule has 2 fully saturated rings. The fourth-order valence-corrected chi connectivity index (χ4v) is 3.82. The number of imide groups is 1. The van der Waals surface area contributed by atoms with Crippen LogP contribution in [0.4, 0.5) is 4.79 Å². The van der Waals surface area contributed by atoms with Gasteiger partial charge < -0.3 is 15.7 Å². The van der Waals surface area contributed by atoms with Gasteiger partial charge in [0.25, 0.3) is 5.91 Å². The number of aryl methyl sites for hydroxylation is 1. The van der Waals surface area contributed by atoms with Crippen LogP contribution in [0, 0.1) is 12.8 Å². The molecule has 1 saturated heterocycles. The number of rotatable bonds is 5. The van der Waals surface area contributed by atoms with Gasteiger partial charge in [-0.1, -0.05) is 29.8 Å². The van der Waals surface area contributed by atoms with Crippen LogP contribution >= 0.6 is 0 Å². The van der Waals surface area contributed by atoms with E-state index in [-0.39, 0.29) is 18.5 Å². The number of carbonyl (C=O) groups excluding carboxylic acids is 3. The third kappa shape index (κ3) is 3.85. The van der Waals surface area contributed by atoms with Crippen LogP contribution in [0.1, 0.15) is 43.7 Å². The van der Waals surface area contributed by atoms with Crippen molar-refractivity contribution in [3.05, 3.63) is 35.4 Å². The number of carboxylic acids is 1. The second-order valence-electron chi connectivity index (χ2n) is 7.77. The maximum atomic E-state index is 12.9. The van der Waals surface area contributed by atoms with Crippen LogP contribution in [0.2, 0.25) is 0 Å². The quantitative estimate of drug-likeness (QED) is 0.663. The largest absolute Gasteiger partial charge is 0.481 e. The van der Waals surface area contributed by atoms with E-state index in [0.29, 0.717) is 31.2 Å². The molecule has 8 nitrogen and oxygen atoms in total. The first-order valence-electron chi connectivity index (χ1n) is 9.44. The standard InChI is InChI=1S/C20H25N3O5/c1-12-3-7-14(8-4-12)20(2)18(27)23(19(28)22-20)11-16(24)21-15-9-5-13(6-10-15)17(25)26/h3-4,7-8,13,15H,5-6,9-11H2,1-2H3,(H,21,24)(H,22,28)(H,25,26). The van der Waals surface area contributed by atoms with Gasteiger partial charge in [0.15, 0.2) is 0 Å². The van der Waals surface area contributed by atoms with Crippen molar-refractivity contribution >= 4 is 23.8 Å². The molecule has 3 N–H and O–H groups in total. The smallest absolute Gasteiger partial charge is 0.325 e. The summed E-state index contributed by atoms with van der Waals surface area (Å²) in [4.78, 5) is 49.5. The van der Waals surface area contributed by atoms with Crippen molar-refractivity contribution in [2.24, 2.45) is 5.92 Å². The van der Waals surface area contributed by atoms with Gasteiger partial charge in [0.2, 0.25) is 5.91 Å². The second kappa shape index (κ2) is 7.61. The van der Waals surface area contributed by atoms with E-state index in [1.807, 2.05) is 19.1 Å². The van der Waals surface area contributed by atoms with Gasteiger partial charge in [-0.25, -0.2) is 4.79 Å². The Morgan fingerprint density at radius 1 is 1.18 bits per heavy atom. The van der Waals surface area contributed by atoms with E-state index < -0.39 is 29.4 Å². The summed E-state index contributed by atoms with van der Waals surface area (Å²) in [6.07, 6.45) is 2.16. The van der Waals surface area contributed by atoms with E-state index >= 15 is 0 Å². The lowest BCUT2D eigenvalue weighted by Crippen LogP contribution is -2.46. The molecule has 28 heavy (non-hydrogen) atoms. The molecular formula is C20H25N3O5. The maximum Gasteiger partial charge on any atom is 0.325 e. The lowest BCUT2D eigenvalue weighted by Gasteiger charge is -2.27. The topological polar surface area (TPSA) is 116 Å². The van der Waals surface area contributed by atoms with Crippen LogP contribution in [0.3, 0.4) is 0 Å². The molecule has 0 radical (unpaired) electrons. The van der Waals surface area contributed by atoms with Gasteiger partial charge in [-0.05, 0) is 45.1 Å². The van der Waals surface area contributed by atoms with Gasteiger partial charge in [-0.3, -0.25) is 19.3 Å². The highest BCUT2D eigenvalue weighted by Crippen LogP contribution is 2.29. The van der Waals surface area contributed by atoms with Crippen molar-refractivity contribution in [3.8, 4) is 0 Å². The first-order chi connectivity index (χ1) is 13.2. The zero-order valence-electron chi connectivity index (χ0n) is 16.0. The average molecular weight is 387 g/mol. The number of nitrogens with one attached hydrogen (secondary N) is 2. The summed E-state index contributed by atoms with van der Waals surface area (Å²) in [5.41, 5.74) is 0.495. The summed E-state index contributed by atoms with van der Waals surface area (Å²) in [6, 6.07) is 6.58. The normalized spacial score (nSPS) is 27.4. The summed E-state index contributed by atoms with van der Waals surface area (Å²) in [7, 11) is 0. The van der Waals surface area contributed by atoms with E-state index in [0.717, 1.165) is 10.5 Å². The number of carbonyl (C=O) groups is 4. The zero-order chi connectivity index (χ0) is 20.5. The molecule has 2 aliphatic rings. The van der Waals surface area contributed by atoms with Gasteiger partial charge in [0.1, 0.15) is 12.1 Å². The van der Waals surface area contributed by atoms with E-state index in [1.165, 1.54) is 0 Å². The van der Waals surface area contributed by atoms with Gasteiger partial charge >= 0.3 is 12.0 Å². The predicted octanol–water partition coefficient (Wildman–Crippen LogP) is 1.52. The monoisotopic (exact) mass is 387 g/mol. The van der Waals surface area contributed by atoms with Crippen LogP contribution in [-0.4, -0.2) is 46.4 Å². The molecule has 1 aromatic carbocycles. The number of amides is 4. The Balaban J connectivity index is 1.60. The molecule has 1 aliphatic heterocycles. The summed E-state index contributed by atoms with van der Waals surface area (Å²) >= 11 is 0. The zero-order valence-corrected chi connectivity index (χ0v) is 16.0. The molecule has 1 saturated carbocycles. The first-order valence-corrected chi connectivity index (χ1v) is 9.44. The fourth-order valence-electron chi connectivity index (χ4n) is 3.82. The van der Waals surface area contributed by atoms with Crippen LogP contribution in [0.25, 0.3) is 0 Å². The highest BCUT2D eigenvalue weighted by molar-refractivity contribution is 6.09. The molecule has 1 atom stereocenters. The van der Waals surface area contributed by atoms with Crippen molar-refractivity contribution < 1.29 is 24.3 Å². The Morgan fingerprint density at radius 2 is 1.79 bits per heavy atom. The number of urea groups is 1. The van der Waals surface area contributed by atoms with E-state index in [9.17, 15) is 19.2 Å². The highest BCUT2D eigenvalue weighted by atomic mass is 16.4. The fraction of sp³-hybridized carbons (Fsp3) is 0.500. The molecule has 1 aromatic rings. The van der Waals surface area contributed by atoms with Gasteiger partial charge in [-0.2, -0.15) is 0 Å². The lowest BCUT2D eigenvalue weighted by molar-refractivity contribution is -0.143. The summed E-state index contributed by atoms with van der Waals surface area (Å²) in [6.45, 7) is 3.20. The minimum atomic E-state index is -1.20. The van der Waals surface area contributed by atoms with Crippen molar-refractivity contribution in [2.45, 2.75) is 51.1 Å². The van der Waals surface area contributed by atoms with E-state index in [1.54, 1.807) is 19.1 Å². The van der Waals surface area contributed by atoms with E-state index in [4.69, 9.17) is 5.11 Å². The highest BCUT2D eigenvalue weighted by Gasteiger charge is 2.49. The maximum absolute atomic E-state index is 12.9. The van der Waals surface area contributed by atoms with Crippen LogP contribution in [0.15, 0.2) is 24.3 Å². The number of hydrogen-bond donors (Lipinski definition) is 3. The minimum absolute atomic E-state index is 0.132. The molecule has 0 aromatic heterocycles. The molecule has 0 bridgehead atoms. The molecule has 0 spiro atoms. The molecule has 150 valence electrons. The van der Waals surface area contributed by atoms with Gasteiger partial charge in [-0.15, -0.1) is 0 Å². The van der Waals surface area contributed by atoms with Crippen LogP contribution in [0.5, 0.6) is 0 Å². The Hall–Kier alpha value is -2.90. The van der Waals surface area contributed by atoms with Crippen molar-refractivity contribution in [1.29, 1.82) is 0 Å². The average Bonchev–Trinajstić information content (AvgIpc) is 2.86. The van der Waals surface area contributed by atoms with Crippen molar-refractivity contribution in [3.63, 3.8) is 0 Å². The van der Waals surface area contributed by atoms with E-state index in [2.05, 4.69) is 10.6 Å². The van der Waals surface area contributed by atoms with Crippen molar-refractivity contribution in [1.82, 2.24) is 15.5 Å². The summed E-state index contributed by atoms with van der Waals surface area (Å²) < 4.78 is 0. The third-order valence-corrected chi connectivity index (χ3v) is 5.65. The van der Waals surface area contributed by atoms with Gasteiger partial charge in [0, 0.05) is 6.04 Å².